The van der Waals surface area contributed by atoms with Crippen LogP contribution in [0, 0.1) is 0 Å². The van der Waals surface area contributed by atoms with E-state index in [2.05, 4.69) is 10.1 Å². The number of halogens is 2. The summed E-state index contributed by atoms with van der Waals surface area (Å²) in [5.74, 6) is -0.333. The fourth-order valence-electron chi connectivity index (χ4n) is 3.13. The van der Waals surface area contributed by atoms with E-state index in [-0.39, 0.29) is 29.6 Å². The standard InChI is InChI=1S/C19H19F2NO4S/c20-19(21)26-15-8-5-13(6-9-15)7-10-18(23)22-17-12-27(24,25)11-14-3-1-2-4-16(14)17/h1-6,8-9,17,19H,7,10-12H2,(H,22,23). The second kappa shape index (κ2) is 8.04. The summed E-state index contributed by atoms with van der Waals surface area (Å²) in [7, 11) is -3.26. The first-order valence-electron chi connectivity index (χ1n) is 8.44. The summed E-state index contributed by atoms with van der Waals surface area (Å²) in [6.07, 6.45) is 0.565. The van der Waals surface area contributed by atoms with Crippen molar-refractivity contribution in [3.05, 3.63) is 65.2 Å². The topological polar surface area (TPSA) is 72.5 Å². The van der Waals surface area contributed by atoms with Crippen LogP contribution in [0.3, 0.4) is 0 Å². The van der Waals surface area contributed by atoms with Gasteiger partial charge >= 0.3 is 6.61 Å². The predicted octanol–water partition coefficient (Wildman–Crippen LogP) is 3.01. The molecule has 0 aliphatic carbocycles. The first-order valence-corrected chi connectivity index (χ1v) is 10.3. The van der Waals surface area contributed by atoms with Gasteiger partial charge in [-0.25, -0.2) is 8.42 Å². The molecule has 0 saturated heterocycles. The third-order valence-electron chi connectivity index (χ3n) is 4.35. The summed E-state index contributed by atoms with van der Waals surface area (Å²) in [6.45, 7) is -2.88. The maximum Gasteiger partial charge on any atom is 0.387 e. The van der Waals surface area contributed by atoms with E-state index in [1.807, 2.05) is 12.1 Å². The smallest absolute Gasteiger partial charge is 0.387 e. The van der Waals surface area contributed by atoms with E-state index in [4.69, 9.17) is 0 Å². The van der Waals surface area contributed by atoms with E-state index in [0.29, 0.717) is 12.0 Å². The predicted molar refractivity (Wildman–Crippen MR) is 96.2 cm³/mol. The summed E-state index contributed by atoms with van der Waals surface area (Å²) < 4.78 is 52.7. The van der Waals surface area contributed by atoms with Gasteiger partial charge in [-0.1, -0.05) is 36.4 Å². The number of rotatable bonds is 6. The fourth-order valence-corrected chi connectivity index (χ4v) is 4.75. The molecule has 2 aromatic rings. The Morgan fingerprint density at radius 3 is 2.56 bits per heavy atom. The van der Waals surface area contributed by atoms with Gasteiger partial charge in [0.25, 0.3) is 0 Å². The van der Waals surface area contributed by atoms with Crippen LogP contribution < -0.4 is 10.1 Å². The van der Waals surface area contributed by atoms with E-state index in [1.165, 1.54) is 12.1 Å². The zero-order valence-electron chi connectivity index (χ0n) is 14.4. The lowest BCUT2D eigenvalue weighted by Crippen LogP contribution is -2.37. The van der Waals surface area contributed by atoms with Gasteiger partial charge in [-0.3, -0.25) is 4.79 Å². The molecule has 1 amide bonds. The van der Waals surface area contributed by atoms with Crippen LogP contribution in [0.4, 0.5) is 8.78 Å². The first kappa shape index (κ1) is 19.3. The number of ether oxygens (including phenoxy) is 1. The third-order valence-corrected chi connectivity index (χ3v) is 5.94. The minimum Gasteiger partial charge on any atom is -0.435 e. The molecule has 1 aliphatic heterocycles. The van der Waals surface area contributed by atoms with Crippen molar-refractivity contribution in [2.24, 2.45) is 0 Å². The number of sulfone groups is 1. The van der Waals surface area contributed by atoms with Crippen molar-refractivity contribution in [1.29, 1.82) is 0 Å². The molecule has 144 valence electrons. The number of alkyl halides is 2. The van der Waals surface area contributed by atoms with Crippen LogP contribution in [0.2, 0.25) is 0 Å². The van der Waals surface area contributed by atoms with Gasteiger partial charge < -0.3 is 10.1 Å². The number of hydrogen-bond acceptors (Lipinski definition) is 4. The monoisotopic (exact) mass is 395 g/mol. The van der Waals surface area contributed by atoms with Gasteiger partial charge in [0.05, 0.1) is 17.5 Å². The van der Waals surface area contributed by atoms with Gasteiger partial charge in [0.1, 0.15) is 5.75 Å². The number of hydrogen-bond donors (Lipinski definition) is 1. The molecule has 27 heavy (non-hydrogen) atoms. The zero-order chi connectivity index (χ0) is 19.4. The maximum atomic E-state index is 12.3. The van der Waals surface area contributed by atoms with Crippen molar-refractivity contribution in [2.45, 2.75) is 31.2 Å². The van der Waals surface area contributed by atoms with E-state index < -0.39 is 22.5 Å². The Labute approximate surface area is 156 Å². The Balaban J connectivity index is 1.59. The molecule has 0 spiro atoms. The molecule has 0 aromatic heterocycles. The van der Waals surface area contributed by atoms with E-state index in [1.54, 1.807) is 24.3 Å². The van der Waals surface area contributed by atoms with Crippen molar-refractivity contribution < 1.29 is 26.7 Å². The van der Waals surface area contributed by atoms with Crippen molar-refractivity contribution >= 4 is 15.7 Å². The fraction of sp³-hybridized carbons (Fsp3) is 0.316. The lowest BCUT2D eigenvalue weighted by molar-refractivity contribution is -0.121. The molecule has 0 radical (unpaired) electrons. The van der Waals surface area contributed by atoms with Crippen LogP contribution in [-0.4, -0.2) is 26.7 Å². The summed E-state index contributed by atoms with van der Waals surface area (Å²) in [5.41, 5.74) is 2.33. The number of fused-ring (bicyclic) bond motifs is 1. The first-order chi connectivity index (χ1) is 12.8. The van der Waals surface area contributed by atoms with Gasteiger partial charge in [-0.05, 0) is 35.2 Å². The second-order valence-corrected chi connectivity index (χ2v) is 8.51. The Hall–Kier alpha value is -2.48. The highest BCUT2D eigenvalue weighted by molar-refractivity contribution is 7.90. The Morgan fingerprint density at radius 1 is 1.15 bits per heavy atom. The molecular weight excluding hydrogens is 376 g/mol. The van der Waals surface area contributed by atoms with E-state index in [0.717, 1.165) is 11.1 Å². The highest BCUT2D eigenvalue weighted by atomic mass is 32.2. The summed E-state index contributed by atoms with van der Waals surface area (Å²) in [6, 6.07) is 12.7. The number of carbonyl (C=O) groups excluding carboxylic acids is 1. The molecule has 0 bridgehead atoms. The van der Waals surface area contributed by atoms with Crippen LogP contribution in [0.15, 0.2) is 48.5 Å². The average molecular weight is 395 g/mol. The van der Waals surface area contributed by atoms with Crippen molar-refractivity contribution in [3.8, 4) is 5.75 Å². The molecule has 3 rings (SSSR count). The molecule has 1 atom stereocenters. The SMILES string of the molecule is O=C(CCc1ccc(OC(F)F)cc1)NC1CS(=O)(=O)Cc2ccccc21. The normalized spacial score (nSPS) is 18.0. The van der Waals surface area contributed by atoms with Crippen molar-refractivity contribution in [3.63, 3.8) is 0 Å². The number of aryl methyl sites for hydroxylation is 1. The largest absolute Gasteiger partial charge is 0.435 e. The summed E-state index contributed by atoms with van der Waals surface area (Å²) in [5, 5.41) is 2.80. The number of benzene rings is 2. The summed E-state index contributed by atoms with van der Waals surface area (Å²) >= 11 is 0. The molecule has 8 heteroatoms. The van der Waals surface area contributed by atoms with Crippen molar-refractivity contribution in [1.82, 2.24) is 5.32 Å². The van der Waals surface area contributed by atoms with Crippen LogP contribution in [0.5, 0.6) is 5.75 Å². The van der Waals surface area contributed by atoms with Crippen LogP contribution in [-0.2, 0) is 26.8 Å². The molecule has 1 N–H and O–H groups in total. The molecule has 2 aromatic carbocycles. The van der Waals surface area contributed by atoms with Gasteiger partial charge in [-0.2, -0.15) is 8.78 Å². The number of nitrogens with one attached hydrogen (secondary N) is 1. The number of carbonyl (C=O) groups is 1. The van der Waals surface area contributed by atoms with Crippen LogP contribution >= 0.6 is 0 Å². The van der Waals surface area contributed by atoms with Crippen LogP contribution in [0.1, 0.15) is 29.2 Å². The second-order valence-electron chi connectivity index (χ2n) is 6.40. The van der Waals surface area contributed by atoms with Gasteiger partial charge in [0.15, 0.2) is 9.84 Å². The molecular formula is C19H19F2NO4S. The van der Waals surface area contributed by atoms with Crippen LogP contribution in [0.25, 0.3) is 0 Å². The quantitative estimate of drug-likeness (QED) is 0.816. The molecule has 1 unspecified atom stereocenters. The van der Waals surface area contributed by atoms with E-state index >= 15 is 0 Å². The van der Waals surface area contributed by atoms with Gasteiger partial charge in [0.2, 0.25) is 5.91 Å². The molecule has 1 heterocycles. The zero-order valence-corrected chi connectivity index (χ0v) is 15.2. The lowest BCUT2D eigenvalue weighted by atomic mass is 10.0. The Morgan fingerprint density at radius 2 is 1.85 bits per heavy atom. The average Bonchev–Trinajstić information content (AvgIpc) is 2.60. The van der Waals surface area contributed by atoms with E-state index in [9.17, 15) is 22.0 Å². The van der Waals surface area contributed by atoms with Gasteiger partial charge in [-0.15, -0.1) is 0 Å². The van der Waals surface area contributed by atoms with Gasteiger partial charge in [0, 0.05) is 6.42 Å². The minimum absolute atomic E-state index is 0.0113. The highest BCUT2D eigenvalue weighted by Crippen LogP contribution is 2.28. The third kappa shape index (κ3) is 5.26. The molecule has 1 aliphatic rings. The lowest BCUT2D eigenvalue weighted by Gasteiger charge is -2.26. The molecule has 0 fully saturated rings. The Bertz CT molecular complexity index is 914. The highest BCUT2D eigenvalue weighted by Gasteiger charge is 2.30. The maximum absolute atomic E-state index is 12.3. The Kier molecular flexibility index (Phi) is 5.74. The molecule has 5 nitrogen and oxygen atoms in total. The summed E-state index contributed by atoms with van der Waals surface area (Å²) in [4.78, 5) is 12.3. The molecule has 0 saturated carbocycles. The minimum atomic E-state index is -3.26. The number of amides is 1. The van der Waals surface area contributed by atoms with Crippen molar-refractivity contribution in [2.75, 3.05) is 5.75 Å².